The van der Waals surface area contributed by atoms with Crippen LogP contribution in [0.2, 0.25) is 0 Å². The Labute approximate surface area is 274 Å². The molecular weight excluding hydrogens is 588 g/mol. The topological polar surface area (TPSA) is 110 Å². The van der Waals surface area contributed by atoms with E-state index in [-0.39, 0.29) is 31.8 Å². The molecule has 0 spiro atoms. The summed E-state index contributed by atoms with van der Waals surface area (Å²) in [6.45, 7) is 0.00539. The molecule has 1 atom stereocenters. The minimum atomic E-state index is -1.41. The fourth-order valence-electron chi connectivity index (χ4n) is 6.95. The van der Waals surface area contributed by atoms with Crippen molar-refractivity contribution in [1.82, 2.24) is 4.90 Å². The molecule has 0 saturated carbocycles. The first kappa shape index (κ1) is 31.3. The standard InChI is InChI=1S/C40H36N2O5/c41-37(43)26-14-25-36(38(44)45)42(39(46)47-27-35-33-23-12-10-21-31(33)32-22-11-13-24-34(32)35)40(28-15-4-1-5-16-28,29-17-6-2-7-18-29)30-19-8-3-9-20-30/h1-13,15-24,35-36H,14,25-27H2,(H2,41,43)(H,44,45)/t36-/m0/s1. The minimum absolute atomic E-state index is 0.00539. The summed E-state index contributed by atoms with van der Waals surface area (Å²) in [5.74, 6) is -1.98. The summed E-state index contributed by atoms with van der Waals surface area (Å²) >= 11 is 0. The van der Waals surface area contributed by atoms with Gasteiger partial charge in [0.25, 0.3) is 0 Å². The Balaban J connectivity index is 1.52. The van der Waals surface area contributed by atoms with Crippen LogP contribution in [0.3, 0.4) is 0 Å². The van der Waals surface area contributed by atoms with E-state index in [1.807, 2.05) is 127 Å². The molecule has 1 aliphatic carbocycles. The molecule has 1 aliphatic rings. The van der Waals surface area contributed by atoms with Crippen LogP contribution in [0.1, 0.15) is 53.0 Å². The van der Waals surface area contributed by atoms with Gasteiger partial charge in [-0.2, -0.15) is 0 Å². The van der Waals surface area contributed by atoms with Gasteiger partial charge in [0.1, 0.15) is 18.2 Å². The zero-order valence-electron chi connectivity index (χ0n) is 25.9. The number of hydrogen-bond donors (Lipinski definition) is 2. The van der Waals surface area contributed by atoms with Crippen molar-refractivity contribution in [2.24, 2.45) is 5.73 Å². The maximum Gasteiger partial charge on any atom is 0.411 e. The largest absolute Gasteiger partial charge is 0.480 e. The van der Waals surface area contributed by atoms with Crippen LogP contribution in [0.5, 0.6) is 0 Å². The normalized spacial score (nSPS) is 12.9. The molecule has 0 aromatic heterocycles. The lowest BCUT2D eigenvalue weighted by Crippen LogP contribution is -2.58. The first-order chi connectivity index (χ1) is 22.9. The Morgan fingerprint density at radius 2 is 1.11 bits per heavy atom. The van der Waals surface area contributed by atoms with E-state index in [2.05, 4.69) is 12.1 Å². The van der Waals surface area contributed by atoms with E-state index in [1.54, 1.807) is 0 Å². The van der Waals surface area contributed by atoms with Gasteiger partial charge in [-0.1, -0.05) is 140 Å². The molecule has 7 heteroatoms. The highest BCUT2D eigenvalue weighted by molar-refractivity contribution is 5.83. The van der Waals surface area contributed by atoms with E-state index in [1.165, 1.54) is 4.90 Å². The van der Waals surface area contributed by atoms with Crippen molar-refractivity contribution in [3.8, 4) is 11.1 Å². The Bertz CT molecular complexity index is 1720. The number of aliphatic carboxylic acids is 1. The van der Waals surface area contributed by atoms with E-state index in [0.717, 1.165) is 22.3 Å². The highest BCUT2D eigenvalue weighted by Crippen LogP contribution is 2.47. The number of carbonyl (C=O) groups excluding carboxylic acids is 2. The lowest BCUT2D eigenvalue weighted by molar-refractivity contribution is -0.145. The molecule has 5 aromatic rings. The highest BCUT2D eigenvalue weighted by Gasteiger charge is 2.50. The quantitative estimate of drug-likeness (QED) is 0.141. The van der Waals surface area contributed by atoms with Crippen LogP contribution in [0.25, 0.3) is 11.1 Å². The number of carboxylic acids is 1. The van der Waals surface area contributed by atoms with Crippen molar-refractivity contribution < 1.29 is 24.2 Å². The third-order valence-corrected chi connectivity index (χ3v) is 8.97. The number of hydrogen-bond acceptors (Lipinski definition) is 4. The summed E-state index contributed by atoms with van der Waals surface area (Å²) < 4.78 is 6.26. The number of rotatable bonds is 12. The average Bonchev–Trinajstić information content (AvgIpc) is 3.43. The Morgan fingerprint density at radius 3 is 1.53 bits per heavy atom. The molecule has 3 N–H and O–H groups in total. The van der Waals surface area contributed by atoms with Crippen molar-refractivity contribution in [2.75, 3.05) is 6.61 Å². The smallest absolute Gasteiger partial charge is 0.411 e. The first-order valence-electron chi connectivity index (χ1n) is 15.7. The molecule has 0 unspecified atom stereocenters. The van der Waals surface area contributed by atoms with Crippen molar-refractivity contribution in [3.63, 3.8) is 0 Å². The van der Waals surface area contributed by atoms with Gasteiger partial charge < -0.3 is 15.6 Å². The molecule has 2 amide bonds. The third-order valence-electron chi connectivity index (χ3n) is 8.97. The lowest BCUT2D eigenvalue weighted by atomic mass is 9.74. The molecule has 5 aromatic carbocycles. The second kappa shape index (κ2) is 13.7. The molecule has 0 aliphatic heterocycles. The molecule has 0 saturated heterocycles. The first-order valence-corrected chi connectivity index (χ1v) is 15.7. The SMILES string of the molecule is NC(=O)CCC[C@@H](C(=O)O)N(C(=O)OCC1c2ccccc2-c2ccccc21)C(c1ccccc1)(c1ccccc1)c1ccccc1. The van der Waals surface area contributed by atoms with E-state index >= 15 is 0 Å². The zero-order chi connectivity index (χ0) is 32.8. The van der Waals surface area contributed by atoms with Crippen LogP contribution >= 0.6 is 0 Å². The van der Waals surface area contributed by atoms with Crippen molar-refractivity contribution in [1.29, 1.82) is 0 Å². The van der Waals surface area contributed by atoms with Crippen LogP contribution in [0.15, 0.2) is 140 Å². The number of nitrogens with two attached hydrogens (primary N) is 1. The Kier molecular flexibility index (Phi) is 9.16. The van der Waals surface area contributed by atoms with Gasteiger partial charge in [-0.05, 0) is 51.8 Å². The molecule has 47 heavy (non-hydrogen) atoms. The van der Waals surface area contributed by atoms with Gasteiger partial charge in [0.15, 0.2) is 0 Å². The molecule has 7 nitrogen and oxygen atoms in total. The predicted octanol–water partition coefficient (Wildman–Crippen LogP) is 7.34. The number of nitrogens with zero attached hydrogens (tertiary/aromatic N) is 1. The summed E-state index contributed by atoms with van der Waals surface area (Å²) in [4.78, 5) is 41.3. The van der Waals surface area contributed by atoms with Crippen molar-refractivity contribution in [3.05, 3.63) is 167 Å². The van der Waals surface area contributed by atoms with Crippen LogP contribution in [0, 0.1) is 0 Å². The minimum Gasteiger partial charge on any atom is -0.480 e. The van der Waals surface area contributed by atoms with E-state index in [9.17, 15) is 19.5 Å². The molecule has 0 bridgehead atoms. The van der Waals surface area contributed by atoms with E-state index in [0.29, 0.717) is 16.7 Å². The van der Waals surface area contributed by atoms with E-state index in [4.69, 9.17) is 10.5 Å². The second-order valence-electron chi connectivity index (χ2n) is 11.7. The van der Waals surface area contributed by atoms with Crippen LogP contribution in [-0.2, 0) is 19.9 Å². The second-order valence-corrected chi connectivity index (χ2v) is 11.7. The van der Waals surface area contributed by atoms with Crippen LogP contribution in [-0.4, -0.2) is 40.6 Å². The number of primary amides is 1. The predicted molar refractivity (Wildman–Crippen MR) is 181 cm³/mol. The van der Waals surface area contributed by atoms with Crippen LogP contribution < -0.4 is 5.73 Å². The molecule has 0 fully saturated rings. The molecular formula is C40H36N2O5. The summed E-state index contributed by atoms with van der Waals surface area (Å²) in [6.07, 6.45) is -0.642. The van der Waals surface area contributed by atoms with Crippen molar-refractivity contribution >= 4 is 18.0 Å². The van der Waals surface area contributed by atoms with Gasteiger partial charge in [0, 0.05) is 12.3 Å². The van der Waals surface area contributed by atoms with Gasteiger partial charge in [-0.15, -0.1) is 0 Å². The monoisotopic (exact) mass is 624 g/mol. The number of ether oxygens (including phenoxy) is 1. The molecule has 0 radical (unpaired) electrons. The van der Waals surface area contributed by atoms with Crippen molar-refractivity contribution in [2.45, 2.75) is 36.8 Å². The lowest BCUT2D eigenvalue weighted by Gasteiger charge is -2.47. The molecule has 236 valence electrons. The van der Waals surface area contributed by atoms with Gasteiger partial charge in [-0.25, -0.2) is 9.59 Å². The van der Waals surface area contributed by atoms with Gasteiger partial charge >= 0.3 is 12.1 Å². The molecule has 0 heterocycles. The van der Waals surface area contributed by atoms with Crippen LogP contribution in [0.4, 0.5) is 4.79 Å². The summed E-state index contributed by atoms with van der Waals surface area (Å²) in [7, 11) is 0. The van der Waals surface area contributed by atoms with Gasteiger partial charge in [0.2, 0.25) is 5.91 Å². The highest BCUT2D eigenvalue weighted by atomic mass is 16.6. The Morgan fingerprint density at radius 1 is 0.681 bits per heavy atom. The average molecular weight is 625 g/mol. The van der Waals surface area contributed by atoms with Gasteiger partial charge in [0.05, 0.1) is 0 Å². The fraction of sp³-hybridized carbons (Fsp3) is 0.175. The number of amides is 2. The summed E-state index contributed by atoms with van der Waals surface area (Å²) in [5.41, 5.74) is 10.4. The number of fused-ring (bicyclic) bond motifs is 3. The Hall–Kier alpha value is -5.69. The van der Waals surface area contributed by atoms with E-state index < -0.39 is 29.6 Å². The maximum atomic E-state index is 14.9. The van der Waals surface area contributed by atoms with Gasteiger partial charge in [-0.3, -0.25) is 9.69 Å². The third kappa shape index (κ3) is 6.00. The summed E-state index contributed by atoms with van der Waals surface area (Å²) in [5, 5.41) is 10.8. The number of benzene rings is 5. The number of carbonyl (C=O) groups is 3. The summed E-state index contributed by atoms with van der Waals surface area (Å²) in [6, 6.07) is 43.0. The molecule has 6 rings (SSSR count). The maximum absolute atomic E-state index is 14.9. The fourth-order valence-corrected chi connectivity index (χ4v) is 6.95. The number of carboxylic acid groups (broad SMARTS) is 1. The zero-order valence-corrected chi connectivity index (χ0v) is 25.9.